The van der Waals surface area contributed by atoms with Crippen LogP contribution in [0.5, 0.6) is 0 Å². The lowest BCUT2D eigenvalue weighted by atomic mass is 9.95. The lowest BCUT2D eigenvalue weighted by molar-refractivity contribution is 0.413. The minimum atomic E-state index is -0.716. The normalized spacial score (nSPS) is 21.3. The van der Waals surface area contributed by atoms with Crippen molar-refractivity contribution in [1.29, 1.82) is 0 Å². The van der Waals surface area contributed by atoms with E-state index in [9.17, 15) is 4.21 Å². The molecule has 0 bridgehead atoms. The van der Waals surface area contributed by atoms with E-state index in [0.29, 0.717) is 17.8 Å². The van der Waals surface area contributed by atoms with Gasteiger partial charge in [-0.25, -0.2) is 9.67 Å². The molecule has 0 saturated heterocycles. The fourth-order valence-corrected chi connectivity index (χ4v) is 5.06. The molecule has 28 heavy (non-hydrogen) atoms. The summed E-state index contributed by atoms with van der Waals surface area (Å²) in [5.74, 6) is 1.57. The van der Waals surface area contributed by atoms with E-state index < -0.39 is 10.8 Å². The van der Waals surface area contributed by atoms with Crippen molar-refractivity contribution in [2.24, 2.45) is 4.99 Å². The molecule has 2 aromatic rings. The molecule has 0 radical (unpaired) electrons. The van der Waals surface area contributed by atoms with Crippen LogP contribution in [0.3, 0.4) is 0 Å². The van der Waals surface area contributed by atoms with Gasteiger partial charge in [-0.1, -0.05) is 31.5 Å². The first-order valence-corrected chi connectivity index (χ1v) is 11.6. The molecule has 3 unspecified atom stereocenters. The molecule has 0 amide bonds. The Balaban J connectivity index is 1.69. The molecule has 7 heteroatoms. The topological polar surface area (TPSA) is 71.3 Å². The third kappa shape index (κ3) is 5.44. The first-order valence-electron chi connectivity index (χ1n) is 10.2. The minimum absolute atomic E-state index is 0.305. The Hall–Kier alpha value is -2.15. The van der Waals surface area contributed by atoms with Crippen LogP contribution in [-0.4, -0.2) is 43.5 Å². The highest BCUT2D eigenvalue weighted by Gasteiger charge is 2.26. The van der Waals surface area contributed by atoms with Crippen LogP contribution in [-0.2, 0) is 17.3 Å². The van der Waals surface area contributed by atoms with Crippen LogP contribution in [0.15, 0.2) is 47.7 Å². The van der Waals surface area contributed by atoms with Gasteiger partial charge in [0.15, 0.2) is 5.96 Å². The summed E-state index contributed by atoms with van der Waals surface area (Å²) in [6, 6.07) is 10.4. The molecule has 1 aromatic heterocycles. The molecule has 1 fully saturated rings. The summed E-state index contributed by atoms with van der Waals surface area (Å²) in [7, 11) is -0.716. The maximum absolute atomic E-state index is 12.2. The molecule has 1 heterocycles. The second-order valence-corrected chi connectivity index (χ2v) is 9.08. The molecule has 3 atom stereocenters. The molecule has 2 N–H and O–H groups in total. The van der Waals surface area contributed by atoms with Gasteiger partial charge in [-0.3, -0.25) is 4.21 Å². The smallest absolute Gasteiger partial charge is 0.191 e. The number of rotatable bonds is 7. The van der Waals surface area contributed by atoms with E-state index in [0.717, 1.165) is 55.2 Å². The lowest BCUT2D eigenvalue weighted by Gasteiger charge is -2.30. The van der Waals surface area contributed by atoms with Gasteiger partial charge in [0.2, 0.25) is 0 Å². The predicted octanol–water partition coefficient (Wildman–Crippen LogP) is 3.01. The summed E-state index contributed by atoms with van der Waals surface area (Å²) in [5.41, 5.74) is 2.17. The number of nitrogens with zero attached hydrogens (tertiary/aromatic N) is 3. The first-order chi connectivity index (χ1) is 13.7. The predicted molar refractivity (Wildman–Crippen MR) is 116 cm³/mol. The number of para-hydroxylation sites is 1. The van der Waals surface area contributed by atoms with Gasteiger partial charge in [0.1, 0.15) is 0 Å². The van der Waals surface area contributed by atoms with Gasteiger partial charge < -0.3 is 10.6 Å². The molecule has 0 spiro atoms. The standard InChI is InChI=1S/C21H31N5OS/c1-3-22-21(25-18-10-7-11-19(15-18)28(27)4-2)23-16-17-9-5-6-12-20(17)26-14-8-13-24-26/h5-6,8-9,12-14,18-19H,3-4,7,10-11,15-16H2,1-2H3,(H2,22,23,25). The minimum Gasteiger partial charge on any atom is -0.357 e. The van der Waals surface area contributed by atoms with E-state index in [4.69, 9.17) is 4.99 Å². The summed E-state index contributed by atoms with van der Waals surface area (Å²) in [4.78, 5) is 4.82. The summed E-state index contributed by atoms with van der Waals surface area (Å²) < 4.78 is 14.1. The van der Waals surface area contributed by atoms with Crippen molar-refractivity contribution in [3.63, 3.8) is 0 Å². The van der Waals surface area contributed by atoms with Crippen LogP contribution in [0.25, 0.3) is 5.69 Å². The van der Waals surface area contributed by atoms with Crippen LogP contribution in [0, 0.1) is 0 Å². The Bertz CT molecular complexity index is 790. The Morgan fingerprint density at radius 3 is 2.89 bits per heavy atom. The maximum Gasteiger partial charge on any atom is 0.191 e. The average Bonchev–Trinajstić information content (AvgIpc) is 3.27. The van der Waals surface area contributed by atoms with E-state index in [1.165, 1.54) is 0 Å². The number of aromatic nitrogens is 2. The number of hydrogen-bond donors (Lipinski definition) is 2. The van der Waals surface area contributed by atoms with Gasteiger partial charge in [-0.2, -0.15) is 5.10 Å². The zero-order chi connectivity index (χ0) is 19.8. The van der Waals surface area contributed by atoms with Crippen molar-refractivity contribution in [2.45, 2.75) is 57.4 Å². The number of benzene rings is 1. The van der Waals surface area contributed by atoms with Gasteiger partial charge in [0.05, 0.1) is 12.2 Å². The lowest BCUT2D eigenvalue weighted by Crippen LogP contribution is -2.46. The Morgan fingerprint density at radius 1 is 1.29 bits per heavy atom. The largest absolute Gasteiger partial charge is 0.357 e. The molecule has 1 aromatic carbocycles. The molecular formula is C21H31N5OS. The van der Waals surface area contributed by atoms with Crippen molar-refractivity contribution < 1.29 is 4.21 Å². The SMILES string of the molecule is CCNC(=NCc1ccccc1-n1cccn1)NC1CCCC(S(=O)CC)C1. The van der Waals surface area contributed by atoms with Crippen LogP contribution in [0.4, 0.5) is 0 Å². The second kappa shape index (κ2) is 10.4. The van der Waals surface area contributed by atoms with Crippen molar-refractivity contribution in [2.75, 3.05) is 12.3 Å². The Kier molecular flexibility index (Phi) is 7.65. The molecular weight excluding hydrogens is 370 g/mol. The van der Waals surface area contributed by atoms with E-state index in [1.807, 2.05) is 36.0 Å². The number of aliphatic imine (C=N–C) groups is 1. The van der Waals surface area contributed by atoms with Crippen LogP contribution in [0.1, 0.15) is 45.1 Å². The summed E-state index contributed by atoms with van der Waals surface area (Å²) >= 11 is 0. The molecule has 6 nitrogen and oxygen atoms in total. The van der Waals surface area contributed by atoms with Crippen LogP contribution < -0.4 is 10.6 Å². The molecule has 1 aliphatic rings. The van der Waals surface area contributed by atoms with E-state index in [1.54, 1.807) is 6.20 Å². The number of nitrogens with one attached hydrogen (secondary N) is 2. The van der Waals surface area contributed by atoms with Gasteiger partial charge in [0.25, 0.3) is 0 Å². The fraction of sp³-hybridized carbons (Fsp3) is 0.524. The summed E-state index contributed by atoms with van der Waals surface area (Å²) in [5, 5.41) is 11.6. The molecule has 1 aliphatic carbocycles. The van der Waals surface area contributed by atoms with Gasteiger partial charge in [-0.05, 0) is 43.9 Å². The number of hydrogen-bond acceptors (Lipinski definition) is 3. The molecule has 3 rings (SSSR count). The zero-order valence-corrected chi connectivity index (χ0v) is 17.6. The molecule has 1 saturated carbocycles. The molecule has 0 aliphatic heterocycles. The highest BCUT2D eigenvalue weighted by atomic mass is 32.2. The highest BCUT2D eigenvalue weighted by Crippen LogP contribution is 2.23. The zero-order valence-electron chi connectivity index (χ0n) is 16.8. The maximum atomic E-state index is 12.2. The third-order valence-electron chi connectivity index (χ3n) is 5.12. The average molecular weight is 402 g/mol. The van der Waals surface area contributed by atoms with Crippen molar-refractivity contribution in [3.05, 3.63) is 48.3 Å². The van der Waals surface area contributed by atoms with E-state index in [2.05, 4.69) is 34.8 Å². The third-order valence-corrected chi connectivity index (χ3v) is 6.86. The first kappa shape index (κ1) is 20.6. The van der Waals surface area contributed by atoms with Crippen molar-refractivity contribution >= 4 is 16.8 Å². The summed E-state index contributed by atoms with van der Waals surface area (Å²) in [6.07, 6.45) is 7.98. The van der Waals surface area contributed by atoms with Crippen LogP contribution >= 0.6 is 0 Å². The van der Waals surface area contributed by atoms with E-state index in [-0.39, 0.29) is 0 Å². The van der Waals surface area contributed by atoms with Crippen molar-refractivity contribution in [1.82, 2.24) is 20.4 Å². The van der Waals surface area contributed by atoms with Gasteiger partial charge in [-0.15, -0.1) is 0 Å². The van der Waals surface area contributed by atoms with Crippen molar-refractivity contribution in [3.8, 4) is 5.69 Å². The quantitative estimate of drug-likeness (QED) is 0.553. The fourth-order valence-electron chi connectivity index (χ4n) is 3.71. The van der Waals surface area contributed by atoms with E-state index >= 15 is 0 Å². The number of guanidine groups is 1. The second-order valence-electron chi connectivity index (χ2n) is 7.07. The van der Waals surface area contributed by atoms with Gasteiger partial charge in [0, 0.05) is 46.8 Å². The van der Waals surface area contributed by atoms with Gasteiger partial charge >= 0.3 is 0 Å². The molecule has 152 valence electrons. The Labute approximate surface area is 170 Å². The Morgan fingerprint density at radius 2 is 2.14 bits per heavy atom. The summed E-state index contributed by atoms with van der Waals surface area (Å²) in [6.45, 7) is 5.46. The van der Waals surface area contributed by atoms with Crippen LogP contribution in [0.2, 0.25) is 0 Å². The monoisotopic (exact) mass is 401 g/mol. The highest BCUT2D eigenvalue weighted by molar-refractivity contribution is 7.85.